The molecule has 0 radical (unpaired) electrons. The van der Waals surface area contributed by atoms with Gasteiger partial charge in [-0.3, -0.25) is 0 Å². The topological polar surface area (TPSA) is 38.3 Å². The molecule has 3 heteroatoms. The van der Waals surface area contributed by atoms with E-state index in [0.717, 1.165) is 31.0 Å². The predicted molar refractivity (Wildman–Crippen MR) is 37.0 cm³/mol. The van der Waals surface area contributed by atoms with E-state index in [-0.39, 0.29) is 0 Å². The normalized spacial score (nSPS) is 25.0. The minimum atomic E-state index is 0.701. The Morgan fingerprint density at radius 2 is 1.67 bits per heavy atom. The molecular weight excluding hydrogens is 116 g/mol. The summed E-state index contributed by atoms with van der Waals surface area (Å²) in [5, 5.41) is 15.1. The van der Waals surface area contributed by atoms with Crippen molar-refractivity contribution in [2.75, 3.05) is 26.2 Å². The summed E-state index contributed by atoms with van der Waals surface area (Å²) in [5.41, 5.74) is 0. The van der Waals surface area contributed by atoms with E-state index in [1.165, 1.54) is 0 Å². The van der Waals surface area contributed by atoms with E-state index < -0.39 is 0 Å². The van der Waals surface area contributed by atoms with Gasteiger partial charge in [0.15, 0.2) is 0 Å². The van der Waals surface area contributed by atoms with E-state index in [2.05, 4.69) is 5.32 Å². The van der Waals surface area contributed by atoms with Crippen LogP contribution in [-0.2, 0) is 0 Å². The summed E-state index contributed by atoms with van der Waals surface area (Å²) in [6, 6.07) is 0. The van der Waals surface area contributed by atoms with Crippen molar-refractivity contribution >= 4 is 0 Å². The second-order valence-electron chi connectivity index (χ2n) is 2.39. The third-order valence-corrected chi connectivity index (χ3v) is 1.52. The number of hydrogen-bond acceptors (Lipinski definition) is 3. The molecule has 0 atom stereocenters. The van der Waals surface area contributed by atoms with Gasteiger partial charge < -0.3 is 15.6 Å². The van der Waals surface area contributed by atoms with Gasteiger partial charge in [-0.05, 0) is 39.0 Å². The summed E-state index contributed by atoms with van der Waals surface area (Å²) in [4.78, 5) is 0. The Hall–Kier alpha value is -0.120. The van der Waals surface area contributed by atoms with E-state index in [1.807, 2.05) is 0 Å². The van der Waals surface area contributed by atoms with Crippen molar-refractivity contribution in [3.63, 3.8) is 0 Å². The molecule has 1 rings (SSSR count). The van der Waals surface area contributed by atoms with Crippen LogP contribution in [0.4, 0.5) is 0 Å². The first-order chi connectivity index (χ1) is 4.39. The van der Waals surface area contributed by atoms with Crippen molar-refractivity contribution in [2.24, 2.45) is 0 Å². The lowest BCUT2D eigenvalue weighted by atomic mass is 10.3. The van der Waals surface area contributed by atoms with Crippen LogP contribution in [0.2, 0.25) is 0 Å². The van der Waals surface area contributed by atoms with Gasteiger partial charge in [0.1, 0.15) is 0 Å². The van der Waals surface area contributed by atoms with Gasteiger partial charge in [-0.15, -0.1) is 0 Å². The highest BCUT2D eigenvalue weighted by Crippen LogP contribution is 1.93. The number of hydroxylamine groups is 2. The molecule has 0 aliphatic carbocycles. The molecule has 0 aromatic heterocycles. The van der Waals surface area contributed by atoms with E-state index in [1.54, 1.807) is 0 Å². The molecular formula is C6H13N2O-. The highest BCUT2D eigenvalue weighted by atomic mass is 16.5. The van der Waals surface area contributed by atoms with Gasteiger partial charge in [0.25, 0.3) is 0 Å². The van der Waals surface area contributed by atoms with E-state index in [4.69, 9.17) is 0 Å². The summed E-state index contributed by atoms with van der Waals surface area (Å²) < 4.78 is 0. The Morgan fingerprint density at radius 3 is 2.22 bits per heavy atom. The van der Waals surface area contributed by atoms with E-state index in [0.29, 0.717) is 13.1 Å². The summed E-state index contributed by atoms with van der Waals surface area (Å²) in [6.07, 6.45) is 1.98. The zero-order valence-electron chi connectivity index (χ0n) is 5.60. The predicted octanol–water partition coefficient (Wildman–Crippen LogP) is 0.170. The highest BCUT2D eigenvalue weighted by Gasteiger charge is 1.96. The molecule has 0 aromatic rings. The van der Waals surface area contributed by atoms with Gasteiger partial charge in [0.2, 0.25) is 0 Å². The molecule has 1 aliphatic heterocycles. The van der Waals surface area contributed by atoms with Crippen LogP contribution in [0.5, 0.6) is 0 Å². The van der Waals surface area contributed by atoms with Gasteiger partial charge in [0.05, 0.1) is 0 Å². The van der Waals surface area contributed by atoms with Crippen molar-refractivity contribution in [2.45, 2.75) is 12.8 Å². The van der Waals surface area contributed by atoms with Crippen molar-refractivity contribution in [3.8, 4) is 0 Å². The van der Waals surface area contributed by atoms with Crippen LogP contribution in [0, 0.1) is 5.21 Å². The molecule has 0 unspecified atom stereocenters. The largest absolute Gasteiger partial charge is 0.785 e. The lowest BCUT2D eigenvalue weighted by Gasteiger charge is -2.29. The summed E-state index contributed by atoms with van der Waals surface area (Å²) in [7, 11) is 0. The van der Waals surface area contributed by atoms with E-state index in [9.17, 15) is 5.21 Å². The van der Waals surface area contributed by atoms with Gasteiger partial charge in [-0.2, -0.15) is 0 Å². The highest BCUT2D eigenvalue weighted by molar-refractivity contribution is 4.63. The third kappa shape index (κ3) is 2.79. The maximum absolute atomic E-state index is 10.7. The Kier molecular flexibility index (Phi) is 2.97. The second kappa shape index (κ2) is 3.82. The third-order valence-electron chi connectivity index (χ3n) is 1.52. The van der Waals surface area contributed by atoms with E-state index >= 15 is 0 Å². The molecule has 1 saturated heterocycles. The van der Waals surface area contributed by atoms with Crippen molar-refractivity contribution < 1.29 is 0 Å². The second-order valence-corrected chi connectivity index (χ2v) is 2.39. The first-order valence-corrected chi connectivity index (χ1v) is 3.52. The monoisotopic (exact) mass is 129 g/mol. The molecule has 0 amide bonds. The molecule has 1 heterocycles. The molecule has 1 fully saturated rings. The maximum atomic E-state index is 10.7. The number of nitrogens with zero attached hydrogens (tertiary/aromatic N) is 1. The lowest BCUT2D eigenvalue weighted by molar-refractivity contribution is 0.338. The molecule has 0 aromatic carbocycles. The Bertz CT molecular complexity index is 69.5. The average molecular weight is 129 g/mol. The van der Waals surface area contributed by atoms with Crippen LogP contribution in [-0.4, -0.2) is 31.2 Å². The zero-order chi connectivity index (χ0) is 6.53. The Morgan fingerprint density at radius 1 is 1.11 bits per heavy atom. The van der Waals surface area contributed by atoms with Crippen LogP contribution >= 0.6 is 0 Å². The molecule has 1 aliphatic rings. The Balaban J connectivity index is 2.12. The zero-order valence-corrected chi connectivity index (χ0v) is 5.60. The van der Waals surface area contributed by atoms with Gasteiger partial charge in [0, 0.05) is 0 Å². The van der Waals surface area contributed by atoms with Crippen molar-refractivity contribution in [1.29, 1.82) is 0 Å². The minimum Gasteiger partial charge on any atom is -0.785 e. The van der Waals surface area contributed by atoms with Crippen LogP contribution in [0.25, 0.3) is 0 Å². The molecule has 9 heavy (non-hydrogen) atoms. The smallest absolute Gasteiger partial charge is 0.00370 e. The van der Waals surface area contributed by atoms with Gasteiger partial charge in [-0.1, -0.05) is 0 Å². The molecule has 0 bridgehead atoms. The Labute approximate surface area is 55.6 Å². The van der Waals surface area contributed by atoms with Gasteiger partial charge >= 0.3 is 0 Å². The fourth-order valence-corrected chi connectivity index (χ4v) is 0.998. The molecule has 3 nitrogen and oxygen atoms in total. The first-order valence-electron chi connectivity index (χ1n) is 3.52. The maximum Gasteiger partial charge on any atom is -0.00370 e. The fraction of sp³-hybridized carbons (Fsp3) is 1.00. The first kappa shape index (κ1) is 6.99. The average Bonchev–Trinajstić information content (AvgIpc) is 1.79. The quantitative estimate of drug-likeness (QED) is 0.506. The standard InChI is InChI=1S/C6H13N2O/c9-8-5-1-3-7-4-2-6-8/h7H,1-6H2/q-1. The van der Waals surface area contributed by atoms with Crippen LogP contribution in [0.15, 0.2) is 0 Å². The van der Waals surface area contributed by atoms with Crippen molar-refractivity contribution in [3.05, 3.63) is 5.21 Å². The molecule has 0 saturated carbocycles. The summed E-state index contributed by atoms with van der Waals surface area (Å²) >= 11 is 0. The number of rotatable bonds is 0. The SMILES string of the molecule is [O-]N1CCCNCCC1. The summed E-state index contributed by atoms with van der Waals surface area (Å²) in [5.74, 6) is 0. The van der Waals surface area contributed by atoms with Crippen LogP contribution in [0.1, 0.15) is 12.8 Å². The number of hydrogen-bond donors (Lipinski definition) is 1. The van der Waals surface area contributed by atoms with Crippen LogP contribution < -0.4 is 5.32 Å². The number of nitrogens with one attached hydrogen (secondary N) is 1. The molecule has 1 N–H and O–H groups in total. The van der Waals surface area contributed by atoms with Gasteiger partial charge in [-0.25, -0.2) is 0 Å². The van der Waals surface area contributed by atoms with Crippen LogP contribution in [0.3, 0.4) is 0 Å². The fourth-order valence-electron chi connectivity index (χ4n) is 0.998. The lowest BCUT2D eigenvalue weighted by Crippen LogP contribution is -2.30. The van der Waals surface area contributed by atoms with Crippen molar-refractivity contribution in [1.82, 2.24) is 10.4 Å². The summed E-state index contributed by atoms with van der Waals surface area (Å²) in [6.45, 7) is 3.40. The minimum absolute atomic E-state index is 0.701. The molecule has 0 spiro atoms. The molecule has 54 valence electrons.